The summed E-state index contributed by atoms with van der Waals surface area (Å²) in [7, 11) is 1.86. The summed E-state index contributed by atoms with van der Waals surface area (Å²) >= 11 is 0. The molecule has 0 unspecified atom stereocenters. The van der Waals surface area contributed by atoms with Crippen LogP contribution >= 0.6 is 0 Å². The molecule has 1 saturated heterocycles. The number of H-pyrrole nitrogens is 1. The van der Waals surface area contributed by atoms with Crippen molar-refractivity contribution in [3.63, 3.8) is 0 Å². The number of fused-ring (bicyclic) bond motifs is 1. The lowest BCUT2D eigenvalue weighted by Crippen LogP contribution is -2.39. The van der Waals surface area contributed by atoms with E-state index in [-0.39, 0.29) is 5.91 Å². The quantitative estimate of drug-likeness (QED) is 0.767. The van der Waals surface area contributed by atoms with Gasteiger partial charge >= 0.3 is 0 Å². The Morgan fingerprint density at radius 1 is 1.24 bits per heavy atom. The van der Waals surface area contributed by atoms with Crippen LogP contribution in [0.15, 0.2) is 36.5 Å². The number of hydrogen-bond donors (Lipinski definition) is 2. The van der Waals surface area contributed by atoms with E-state index in [1.54, 1.807) is 6.07 Å². The van der Waals surface area contributed by atoms with Crippen molar-refractivity contribution in [3.8, 4) is 0 Å². The van der Waals surface area contributed by atoms with E-state index in [0.717, 1.165) is 37.3 Å². The molecule has 1 fully saturated rings. The molecule has 1 aliphatic heterocycles. The van der Waals surface area contributed by atoms with Crippen LogP contribution in [0.2, 0.25) is 0 Å². The Balaban J connectivity index is 1.54. The number of pyridine rings is 1. The number of carbonyl (C=O) groups is 1. The van der Waals surface area contributed by atoms with Crippen LogP contribution < -0.4 is 5.32 Å². The number of carbonyl (C=O) groups excluding carboxylic acids is 1. The zero-order valence-corrected chi connectivity index (χ0v) is 14.1. The summed E-state index contributed by atoms with van der Waals surface area (Å²) in [5.74, 6) is 1.25. The summed E-state index contributed by atoms with van der Waals surface area (Å²) in [5.41, 5.74) is 3.37. The fraction of sp³-hybridized carbons (Fsp3) is 0.333. The number of rotatable bonds is 3. The highest BCUT2D eigenvalue weighted by Crippen LogP contribution is 2.28. The van der Waals surface area contributed by atoms with Gasteiger partial charge in [0, 0.05) is 37.8 Å². The zero-order valence-electron chi connectivity index (χ0n) is 14.1. The predicted molar refractivity (Wildman–Crippen MR) is 95.6 cm³/mol. The van der Waals surface area contributed by atoms with Gasteiger partial charge in [-0.15, -0.1) is 0 Å². The molecule has 2 aromatic heterocycles. The van der Waals surface area contributed by atoms with Crippen molar-refractivity contribution in [2.75, 3.05) is 25.5 Å². The second-order valence-corrected chi connectivity index (χ2v) is 6.34. The Kier molecular flexibility index (Phi) is 4.05. The molecule has 4 rings (SSSR count). The lowest BCUT2D eigenvalue weighted by atomic mass is 9.90. The third-order valence-corrected chi connectivity index (χ3v) is 4.78. The van der Waals surface area contributed by atoms with E-state index >= 15 is 0 Å². The average Bonchev–Trinajstić information content (AvgIpc) is 3.15. The van der Waals surface area contributed by atoms with Gasteiger partial charge in [0.2, 0.25) is 0 Å². The summed E-state index contributed by atoms with van der Waals surface area (Å²) in [6, 6.07) is 9.56. The lowest BCUT2D eigenvalue weighted by molar-refractivity contribution is 0.0707. The molecule has 0 radical (unpaired) electrons. The van der Waals surface area contributed by atoms with E-state index < -0.39 is 0 Å². The number of benzene rings is 1. The van der Waals surface area contributed by atoms with Crippen LogP contribution in [0.1, 0.15) is 34.7 Å². The van der Waals surface area contributed by atoms with Gasteiger partial charge in [-0.1, -0.05) is 0 Å². The third-order valence-electron chi connectivity index (χ3n) is 4.78. The molecule has 25 heavy (non-hydrogen) atoms. The van der Waals surface area contributed by atoms with Crippen LogP contribution in [0.4, 0.5) is 5.82 Å². The fourth-order valence-electron chi connectivity index (χ4n) is 3.43. The summed E-state index contributed by atoms with van der Waals surface area (Å²) in [5, 5.41) is 13.8. The molecule has 1 atom stereocenters. The van der Waals surface area contributed by atoms with E-state index in [0.29, 0.717) is 17.0 Å². The number of amides is 1. The Hall–Kier alpha value is -2.96. The van der Waals surface area contributed by atoms with Gasteiger partial charge < -0.3 is 10.2 Å². The van der Waals surface area contributed by atoms with Crippen LogP contribution in [0.5, 0.6) is 0 Å². The number of anilines is 1. The molecular weight excluding hydrogens is 316 g/mol. The van der Waals surface area contributed by atoms with Crippen LogP contribution in [0, 0.1) is 0 Å². The van der Waals surface area contributed by atoms with Gasteiger partial charge in [-0.25, -0.2) is 4.98 Å². The molecule has 3 aromatic rings. The molecule has 0 spiro atoms. The van der Waals surface area contributed by atoms with Crippen molar-refractivity contribution in [1.82, 2.24) is 25.3 Å². The summed E-state index contributed by atoms with van der Waals surface area (Å²) in [6.07, 6.45) is 3.90. The van der Waals surface area contributed by atoms with Crippen molar-refractivity contribution in [2.45, 2.75) is 18.8 Å². The van der Waals surface area contributed by atoms with Gasteiger partial charge in [0.15, 0.2) is 0 Å². The van der Waals surface area contributed by atoms with Crippen molar-refractivity contribution in [2.24, 2.45) is 0 Å². The third kappa shape index (κ3) is 3.05. The maximum Gasteiger partial charge on any atom is 0.253 e. The SMILES string of the molecule is CNc1cc([C@@H]2CCCN(C(=O)c3ccc4n[nH]nc4c3)C2)ccn1. The molecule has 128 valence electrons. The van der Waals surface area contributed by atoms with Crippen LogP contribution in [-0.4, -0.2) is 51.3 Å². The predicted octanol–water partition coefficient (Wildman–Crippen LogP) is 2.41. The van der Waals surface area contributed by atoms with E-state index in [1.807, 2.05) is 36.3 Å². The standard InChI is InChI=1S/C18H20N6O/c1-19-17-10-12(6-7-20-17)14-3-2-8-24(11-14)18(25)13-4-5-15-16(9-13)22-23-21-15/h4-7,9-10,14H,2-3,8,11H2,1H3,(H,19,20)(H,21,22,23)/t14-/m1/s1. The second-order valence-electron chi connectivity index (χ2n) is 6.34. The average molecular weight is 336 g/mol. The molecule has 1 amide bonds. The zero-order chi connectivity index (χ0) is 17.2. The van der Waals surface area contributed by atoms with Crippen LogP contribution in [0.25, 0.3) is 11.0 Å². The van der Waals surface area contributed by atoms with Gasteiger partial charge in [-0.3, -0.25) is 4.79 Å². The van der Waals surface area contributed by atoms with E-state index in [4.69, 9.17) is 0 Å². The molecule has 0 saturated carbocycles. The Labute approximate surface area is 145 Å². The van der Waals surface area contributed by atoms with E-state index in [2.05, 4.69) is 31.8 Å². The molecule has 1 aliphatic rings. The minimum Gasteiger partial charge on any atom is -0.373 e. The monoisotopic (exact) mass is 336 g/mol. The van der Waals surface area contributed by atoms with Crippen molar-refractivity contribution in [1.29, 1.82) is 0 Å². The summed E-state index contributed by atoms with van der Waals surface area (Å²) in [6.45, 7) is 1.51. The molecule has 7 nitrogen and oxygen atoms in total. The topological polar surface area (TPSA) is 86.8 Å². The molecule has 1 aromatic carbocycles. The largest absolute Gasteiger partial charge is 0.373 e. The van der Waals surface area contributed by atoms with Gasteiger partial charge in [0.25, 0.3) is 5.91 Å². The van der Waals surface area contributed by atoms with Gasteiger partial charge in [0.05, 0.1) is 0 Å². The van der Waals surface area contributed by atoms with Crippen LogP contribution in [-0.2, 0) is 0 Å². The van der Waals surface area contributed by atoms with Crippen LogP contribution in [0.3, 0.4) is 0 Å². The number of aromatic nitrogens is 4. The number of piperidine rings is 1. The number of hydrogen-bond acceptors (Lipinski definition) is 5. The van der Waals surface area contributed by atoms with Gasteiger partial charge in [0.1, 0.15) is 16.9 Å². The fourth-order valence-corrected chi connectivity index (χ4v) is 3.43. The molecular formula is C18H20N6O. The van der Waals surface area contributed by atoms with Crippen molar-refractivity contribution < 1.29 is 4.79 Å². The molecule has 2 N–H and O–H groups in total. The minimum absolute atomic E-state index is 0.0532. The van der Waals surface area contributed by atoms with E-state index in [9.17, 15) is 4.79 Å². The minimum atomic E-state index is 0.0532. The molecule has 0 bridgehead atoms. The second kappa shape index (κ2) is 6.51. The lowest BCUT2D eigenvalue weighted by Gasteiger charge is -2.33. The summed E-state index contributed by atoms with van der Waals surface area (Å²) < 4.78 is 0. The first-order valence-electron chi connectivity index (χ1n) is 8.48. The maximum atomic E-state index is 12.9. The molecule has 0 aliphatic carbocycles. The Morgan fingerprint density at radius 2 is 2.12 bits per heavy atom. The van der Waals surface area contributed by atoms with E-state index in [1.165, 1.54) is 5.56 Å². The normalized spacial score (nSPS) is 17.6. The smallest absolute Gasteiger partial charge is 0.253 e. The number of nitrogens with zero attached hydrogens (tertiary/aromatic N) is 4. The van der Waals surface area contributed by atoms with Gasteiger partial charge in [-0.2, -0.15) is 15.4 Å². The van der Waals surface area contributed by atoms with Crippen molar-refractivity contribution >= 4 is 22.8 Å². The summed E-state index contributed by atoms with van der Waals surface area (Å²) in [4.78, 5) is 19.1. The molecule has 3 heterocycles. The highest BCUT2D eigenvalue weighted by Gasteiger charge is 2.26. The Morgan fingerprint density at radius 3 is 3.00 bits per heavy atom. The first-order valence-corrected chi connectivity index (χ1v) is 8.48. The number of nitrogens with one attached hydrogen (secondary N) is 2. The van der Waals surface area contributed by atoms with Gasteiger partial charge in [-0.05, 0) is 48.7 Å². The highest BCUT2D eigenvalue weighted by atomic mass is 16.2. The maximum absolute atomic E-state index is 12.9. The first kappa shape index (κ1) is 15.6. The number of likely N-dealkylation sites (tertiary alicyclic amines) is 1. The van der Waals surface area contributed by atoms with Crippen molar-refractivity contribution in [3.05, 3.63) is 47.7 Å². The highest BCUT2D eigenvalue weighted by molar-refractivity contribution is 5.97. The molecule has 7 heteroatoms. The number of aromatic amines is 1. The first-order chi connectivity index (χ1) is 12.2. The Bertz CT molecular complexity index is 905.